The van der Waals surface area contributed by atoms with Gasteiger partial charge in [0.25, 0.3) is 5.78 Å². The number of fused-ring (bicyclic) bond motifs is 1. The van der Waals surface area contributed by atoms with Gasteiger partial charge in [-0.2, -0.15) is 26.4 Å². The Hall–Kier alpha value is -1.34. The highest BCUT2D eigenvalue weighted by atomic mass is 32.2. The van der Waals surface area contributed by atoms with Crippen molar-refractivity contribution < 1.29 is 5.11 Å². The van der Waals surface area contributed by atoms with Gasteiger partial charge in [0, 0.05) is 23.6 Å². The van der Waals surface area contributed by atoms with E-state index in [0.29, 0.717) is 18.1 Å². The lowest BCUT2D eigenvalue weighted by Crippen LogP contribution is -2.36. The smallest absolute Gasteiger partial charge is 0.254 e. The molecule has 0 aliphatic carbocycles. The van der Waals surface area contributed by atoms with Crippen molar-refractivity contribution >= 4 is 23.4 Å². The average Bonchev–Trinajstić information content (AvgIpc) is 2.77. The molecule has 0 amide bonds. The molecule has 104 valence electrons. The number of nitrogens with one attached hydrogen (secondary N) is 1. The average molecular weight is 281 g/mol. The second-order valence-electron chi connectivity index (χ2n) is 4.93. The van der Waals surface area contributed by atoms with Gasteiger partial charge in [0.2, 0.25) is 0 Å². The van der Waals surface area contributed by atoms with Crippen molar-refractivity contribution in [3.05, 3.63) is 17.6 Å². The number of aromatic nitrogens is 4. The van der Waals surface area contributed by atoms with Crippen LogP contribution in [-0.2, 0) is 0 Å². The van der Waals surface area contributed by atoms with Crippen LogP contribution in [0.1, 0.15) is 18.2 Å². The van der Waals surface area contributed by atoms with E-state index in [1.807, 2.05) is 27.0 Å². The molecule has 1 unspecified atom stereocenters. The number of anilines is 1. The van der Waals surface area contributed by atoms with Crippen molar-refractivity contribution in [3.8, 4) is 0 Å². The van der Waals surface area contributed by atoms with Crippen LogP contribution in [0.5, 0.6) is 0 Å². The lowest BCUT2D eigenvalue weighted by Gasteiger charge is -2.24. The van der Waals surface area contributed by atoms with Crippen LogP contribution in [0.25, 0.3) is 5.78 Å². The molecule has 0 radical (unpaired) electrons. The molecule has 0 aliphatic rings. The van der Waals surface area contributed by atoms with Gasteiger partial charge in [-0.3, -0.25) is 0 Å². The molecule has 2 N–H and O–H groups in total. The summed E-state index contributed by atoms with van der Waals surface area (Å²) < 4.78 is 1.66. The maximum Gasteiger partial charge on any atom is 0.254 e. The van der Waals surface area contributed by atoms with Gasteiger partial charge in [0.1, 0.15) is 12.1 Å². The van der Waals surface area contributed by atoms with Gasteiger partial charge < -0.3 is 10.4 Å². The number of thioether (sulfide) groups is 1. The zero-order chi connectivity index (χ0) is 14.0. The summed E-state index contributed by atoms with van der Waals surface area (Å²) in [7, 11) is 0. The molecule has 6 nitrogen and oxygen atoms in total. The van der Waals surface area contributed by atoms with E-state index in [-0.39, 0.29) is 0 Å². The van der Waals surface area contributed by atoms with Crippen molar-refractivity contribution in [3.63, 3.8) is 0 Å². The maximum absolute atomic E-state index is 10.2. The van der Waals surface area contributed by atoms with Crippen LogP contribution in [0.4, 0.5) is 5.82 Å². The van der Waals surface area contributed by atoms with Crippen LogP contribution in [0.3, 0.4) is 0 Å². The molecule has 0 saturated heterocycles. The predicted octanol–water partition coefficient (Wildman–Crippen LogP) is 1.27. The van der Waals surface area contributed by atoms with E-state index in [9.17, 15) is 5.11 Å². The molecular formula is C12H19N5OS. The Bertz CT molecular complexity index is 581. The number of hydrogen-bond acceptors (Lipinski definition) is 6. The van der Waals surface area contributed by atoms with E-state index in [2.05, 4.69) is 20.4 Å². The molecule has 2 aromatic rings. The van der Waals surface area contributed by atoms with E-state index in [1.165, 1.54) is 6.33 Å². The first-order chi connectivity index (χ1) is 8.94. The summed E-state index contributed by atoms with van der Waals surface area (Å²) in [6.07, 6.45) is 3.46. The molecule has 0 spiro atoms. The second kappa shape index (κ2) is 5.34. The molecule has 0 bridgehead atoms. The Labute approximate surface area is 116 Å². The zero-order valence-electron chi connectivity index (χ0n) is 11.6. The Morgan fingerprint density at radius 1 is 1.47 bits per heavy atom. The standard InChI is InChI=1S/C12H19N5OS/c1-8-9(2)16-11-14-7-15-17(11)10(8)13-5-12(3,18)6-19-4/h7,13,18H,5-6H2,1-4H3. The highest BCUT2D eigenvalue weighted by Crippen LogP contribution is 2.19. The van der Waals surface area contributed by atoms with Crippen LogP contribution in [0.15, 0.2) is 6.33 Å². The van der Waals surface area contributed by atoms with Crippen molar-refractivity contribution in [2.75, 3.05) is 23.9 Å². The highest BCUT2D eigenvalue weighted by Gasteiger charge is 2.21. The number of rotatable bonds is 5. The summed E-state index contributed by atoms with van der Waals surface area (Å²) in [6, 6.07) is 0. The molecule has 0 saturated carbocycles. The Morgan fingerprint density at radius 2 is 2.21 bits per heavy atom. The van der Waals surface area contributed by atoms with E-state index < -0.39 is 5.60 Å². The van der Waals surface area contributed by atoms with Crippen molar-refractivity contribution in [2.45, 2.75) is 26.4 Å². The van der Waals surface area contributed by atoms with Crippen molar-refractivity contribution in [2.24, 2.45) is 0 Å². The van der Waals surface area contributed by atoms with Crippen LogP contribution >= 0.6 is 11.8 Å². The fraction of sp³-hybridized carbons (Fsp3) is 0.583. The third kappa shape index (κ3) is 2.98. The van der Waals surface area contributed by atoms with Crippen LogP contribution < -0.4 is 5.32 Å². The first kappa shape index (κ1) is 14.1. The van der Waals surface area contributed by atoms with Crippen LogP contribution in [0, 0.1) is 13.8 Å². The Morgan fingerprint density at radius 3 is 2.89 bits per heavy atom. The summed E-state index contributed by atoms with van der Waals surface area (Å²) in [6.45, 7) is 6.19. The molecule has 2 heterocycles. The molecule has 0 aromatic carbocycles. The van der Waals surface area contributed by atoms with E-state index in [4.69, 9.17) is 0 Å². The number of aryl methyl sites for hydroxylation is 1. The fourth-order valence-corrected chi connectivity index (χ4v) is 2.60. The Balaban J connectivity index is 2.29. The maximum atomic E-state index is 10.2. The molecular weight excluding hydrogens is 262 g/mol. The minimum Gasteiger partial charge on any atom is -0.387 e. The van der Waals surface area contributed by atoms with Crippen LogP contribution in [-0.4, -0.2) is 48.8 Å². The SMILES string of the molecule is CSCC(C)(O)CNc1c(C)c(C)nc2ncnn12. The monoisotopic (exact) mass is 281 g/mol. The minimum atomic E-state index is -0.768. The normalized spacial score (nSPS) is 14.6. The minimum absolute atomic E-state index is 0.451. The highest BCUT2D eigenvalue weighted by molar-refractivity contribution is 7.98. The quantitative estimate of drug-likeness (QED) is 0.859. The van der Waals surface area contributed by atoms with Crippen molar-refractivity contribution in [1.29, 1.82) is 0 Å². The molecule has 19 heavy (non-hydrogen) atoms. The molecule has 0 fully saturated rings. The van der Waals surface area contributed by atoms with Gasteiger partial charge in [0.15, 0.2) is 0 Å². The molecule has 1 atom stereocenters. The topological polar surface area (TPSA) is 75.3 Å². The third-order valence-electron chi connectivity index (χ3n) is 3.00. The summed E-state index contributed by atoms with van der Waals surface area (Å²) >= 11 is 1.62. The number of aliphatic hydroxyl groups is 1. The van der Waals surface area contributed by atoms with Crippen molar-refractivity contribution in [1.82, 2.24) is 19.6 Å². The first-order valence-corrected chi connectivity index (χ1v) is 7.46. The molecule has 7 heteroatoms. The van der Waals surface area contributed by atoms with Gasteiger partial charge in [0.05, 0.1) is 5.60 Å². The molecule has 0 aliphatic heterocycles. The third-order valence-corrected chi connectivity index (χ3v) is 3.91. The lowest BCUT2D eigenvalue weighted by atomic mass is 10.1. The van der Waals surface area contributed by atoms with E-state index in [0.717, 1.165) is 17.1 Å². The number of hydrogen-bond donors (Lipinski definition) is 2. The van der Waals surface area contributed by atoms with Crippen LogP contribution in [0.2, 0.25) is 0 Å². The van der Waals surface area contributed by atoms with Gasteiger partial charge in [-0.15, -0.1) is 0 Å². The summed E-state index contributed by atoms with van der Waals surface area (Å²) in [5.74, 6) is 2.07. The number of nitrogens with zero attached hydrogens (tertiary/aromatic N) is 4. The molecule has 2 rings (SSSR count). The largest absolute Gasteiger partial charge is 0.387 e. The summed E-state index contributed by atoms with van der Waals surface area (Å²) in [4.78, 5) is 8.46. The molecule has 2 aromatic heterocycles. The van der Waals surface area contributed by atoms with E-state index >= 15 is 0 Å². The zero-order valence-corrected chi connectivity index (χ0v) is 12.5. The first-order valence-electron chi connectivity index (χ1n) is 6.07. The summed E-state index contributed by atoms with van der Waals surface area (Å²) in [5, 5.41) is 17.6. The van der Waals surface area contributed by atoms with Gasteiger partial charge in [-0.05, 0) is 27.0 Å². The lowest BCUT2D eigenvalue weighted by molar-refractivity contribution is 0.0995. The van der Waals surface area contributed by atoms with Gasteiger partial charge in [-0.1, -0.05) is 0 Å². The van der Waals surface area contributed by atoms with E-state index in [1.54, 1.807) is 16.3 Å². The fourth-order valence-electron chi connectivity index (χ4n) is 1.88. The predicted molar refractivity (Wildman–Crippen MR) is 77.8 cm³/mol. The Kier molecular flexibility index (Phi) is 3.96. The summed E-state index contributed by atoms with van der Waals surface area (Å²) in [5.41, 5.74) is 1.15. The van der Waals surface area contributed by atoms with Gasteiger partial charge >= 0.3 is 0 Å². The second-order valence-corrected chi connectivity index (χ2v) is 5.79. The van der Waals surface area contributed by atoms with Gasteiger partial charge in [-0.25, -0.2) is 4.98 Å².